The highest BCUT2D eigenvalue weighted by Crippen LogP contribution is 2.25. The molecule has 1 saturated heterocycles. The van der Waals surface area contributed by atoms with Crippen LogP contribution in [0.2, 0.25) is 0 Å². The van der Waals surface area contributed by atoms with Crippen molar-refractivity contribution in [2.45, 2.75) is 31.6 Å². The van der Waals surface area contributed by atoms with Crippen LogP contribution in [0.3, 0.4) is 0 Å². The van der Waals surface area contributed by atoms with Crippen LogP contribution in [-0.2, 0) is 10.0 Å². The van der Waals surface area contributed by atoms with Crippen LogP contribution in [0, 0.1) is 5.92 Å². The summed E-state index contributed by atoms with van der Waals surface area (Å²) in [5.41, 5.74) is 1.10. The minimum absolute atomic E-state index is 0.0504. The molecule has 156 valence electrons. The van der Waals surface area contributed by atoms with Crippen molar-refractivity contribution in [2.24, 2.45) is 5.92 Å². The predicted octanol–water partition coefficient (Wildman–Crippen LogP) is 3.80. The molecule has 2 aromatic rings. The average Bonchev–Trinajstić information content (AvgIpc) is 2.73. The summed E-state index contributed by atoms with van der Waals surface area (Å²) in [5, 5.41) is 3.09. The molecule has 1 heterocycles. The van der Waals surface area contributed by atoms with Gasteiger partial charge in [-0.2, -0.15) is 4.31 Å². The zero-order valence-corrected chi connectivity index (χ0v) is 17.7. The van der Waals surface area contributed by atoms with Crippen molar-refractivity contribution in [3.8, 4) is 5.75 Å². The number of hydrogen-bond acceptors (Lipinski definition) is 5. The van der Waals surface area contributed by atoms with Crippen molar-refractivity contribution < 1.29 is 17.9 Å². The molecule has 0 amide bonds. The molecule has 0 atom stereocenters. The van der Waals surface area contributed by atoms with E-state index in [1.54, 1.807) is 18.2 Å². The average molecular weight is 417 g/mol. The summed E-state index contributed by atoms with van der Waals surface area (Å²) in [6, 6.07) is 13.7. The largest absolute Gasteiger partial charge is 0.492 e. The van der Waals surface area contributed by atoms with Gasteiger partial charge in [-0.25, -0.2) is 8.42 Å². The second kappa shape index (κ2) is 9.41. The molecular weight excluding hydrogens is 388 g/mol. The number of piperidine rings is 1. The smallest absolute Gasteiger partial charge is 0.243 e. The number of sulfonamides is 1. The van der Waals surface area contributed by atoms with Crippen LogP contribution >= 0.6 is 0 Å². The summed E-state index contributed by atoms with van der Waals surface area (Å²) in [7, 11) is -3.58. The highest BCUT2D eigenvalue weighted by molar-refractivity contribution is 7.89. The summed E-state index contributed by atoms with van der Waals surface area (Å²) < 4.78 is 33.0. The topological polar surface area (TPSA) is 75.7 Å². The number of carbonyl (C=O) groups excluding carboxylic acids is 1. The number of benzene rings is 2. The van der Waals surface area contributed by atoms with Crippen LogP contribution in [0.5, 0.6) is 5.75 Å². The Labute approximate surface area is 172 Å². The maximum absolute atomic E-state index is 12.9. The van der Waals surface area contributed by atoms with E-state index in [2.05, 4.69) is 12.2 Å². The molecule has 6 nitrogen and oxygen atoms in total. The fourth-order valence-electron chi connectivity index (χ4n) is 3.38. The van der Waals surface area contributed by atoms with E-state index in [4.69, 9.17) is 4.74 Å². The first kappa shape index (κ1) is 21.3. The Morgan fingerprint density at radius 1 is 1.14 bits per heavy atom. The molecule has 1 aliphatic rings. The first-order valence-electron chi connectivity index (χ1n) is 10.0. The van der Waals surface area contributed by atoms with E-state index in [0.29, 0.717) is 36.9 Å². The monoisotopic (exact) mass is 416 g/mol. The van der Waals surface area contributed by atoms with Gasteiger partial charge in [0.05, 0.1) is 23.7 Å². The third kappa shape index (κ3) is 5.16. The second-order valence-electron chi connectivity index (χ2n) is 7.32. The van der Waals surface area contributed by atoms with Gasteiger partial charge in [0.15, 0.2) is 5.78 Å². The number of carbonyl (C=O) groups is 1. The molecule has 1 N–H and O–H groups in total. The fourth-order valence-corrected chi connectivity index (χ4v) is 4.89. The molecule has 1 aliphatic heterocycles. The van der Waals surface area contributed by atoms with Gasteiger partial charge in [-0.15, -0.1) is 0 Å². The van der Waals surface area contributed by atoms with Crippen molar-refractivity contribution in [2.75, 3.05) is 31.6 Å². The fraction of sp³-hybridized carbons (Fsp3) is 0.409. The maximum Gasteiger partial charge on any atom is 0.243 e. The third-order valence-electron chi connectivity index (χ3n) is 5.16. The Balaban J connectivity index is 1.71. The Morgan fingerprint density at radius 2 is 1.86 bits per heavy atom. The number of Topliss-reactive ketones (excluding diaryl/α,β-unsaturated/α-hetero) is 1. The number of nitrogens with zero attached hydrogens (tertiary/aromatic N) is 1. The van der Waals surface area contributed by atoms with Crippen LogP contribution in [-0.4, -0.2) is 44.7 Å². The molecule has 0 saturated carbocycles. The Morgan fingerprint density at radius 3 is 2.59 bits per heavy atom. The van der Waals surface area contributed by atoms with Gasteiger partial charge in [0, 0.05) is 18.7 Å². The lowest BCUT2D eigenvalue weighted by atomic mass is 10.0. The predicted molar refractivity (Wildman–Crippen MR) is 114 cm³/mol. The number of anilines is 1. The van der Waals surface area contributed by atoms with Crippen molar-refractivity contribution in [1.82, 2.24) is 4.31 Å². The molecule has 0 aromatic heterocycles. The summed E-state index contributed by atoms with van der Waals surface area (Å²) in [4.78, 5) is 12.8. The van der Waals surface area contributed by atoms with E-state index in [1.165, 1.54) is 10.4 Å². The van der Waals surface area contributed by atoms with Crippen LogP contribution < -0.4 is 10.1 Å². The van der Waals surface area contributed by atoms with Gasteiger partial charge in [-0.05, 0) is 49.9 Å². The quantitative estimate of drug-likeness (QED) is 0.663. The Kier molecular flexibility index (Phi) is 6.92. The third-order valence-corrected chi connectivity index (χ3v) is 7.06. The first-order valence-corrected chi connectivity index (χ1v) is 11.4. The van der Waals surface area contributed by atoms with Crippen molar-refractivity contribution in [3.63, 3.8) is 0 Å². The number of ether oxygens (including phenoxy) is 1. The number of nitrogens with one attached hydrogen (secondary N) is 1. The number of para-hydroxylation sites is 2. The molecule has 1 fully saturated rings. The number of ketones is 1. The summed E-state index contributed by atoms with van der Waals surface area (Å²) in [6.07, 6.45) is 1.72. The van der Waals surface area contributed by atoms with Crippen molar-refractivity contribution >= 4 is 21.5 Å². The Hall–Kier alpha value is -2.38. The molecular formula is C22H28N2O4S. The molecule has 2 aromatic carbocycles. The van der Waals surface area contributed by atoms with Crippen LogP contribution in [0.1, 0.15) is 37.0 Å². The minimum atomic E-state index is -3.58. The second-order valence-corrected chi connectivity index (χ2v) is 9.26. The summed E-state index contributed by atoms with van der Waals surface area (Å²) in [6.45, 7) is 5.67. The van der Waals surface area contributed by atoms with E-state index in [9.17, 15) is 13.2 Å². The van der Waals surface area contributed by atoms with Crippen molar-refractivity contribution in [3.05, 3.63) is 54.1 Å². The maximum atomic E-state index is 12.9. The molecule has 0 bridgehead atoms. The zero-order valence-electron chi connectivity index (χ0n) is 16.9. The standard InChI is InChI=1S/C22H28N2O4S/c1-3-28-22-10-5-4-9-20(22)23-16-21(25)18-7-6-8-19(15-18)29(26,27)24-13-11-17(2)12-14-24/h4-10,15,17,23H,3,11-14,16H2,1-2H3. The van der Waals surface area contributed by atoms with E-state index in [0.717, 1.165) is 18.5 Å². The lowest BCUT2D eigenvalue weighted by molar-refractivity contribution is 0.101. The van der Waals surface area contributed by atoms with E-state index >= 15 is 0 Å². The van der Waals surface area contributed by atoms with Crippen LogP contribution in [0.25, 0.3) is 0 Å². The first-order chi connectivity index (χ1) is 13.9. The molecule has 29 heavy (non-hydrogen) atoms. The minimum Gasteiger partial charge on any atom is -0.492 e. The normalized spacial score (nSPS) is 15.8. The van der Waals surface area contributed by atoms with Gasteiger partial charge in [-0.3, -0.25) is 4.79 Å². The summed E-state index contributed by atoms with van der Waals surface area (Å²) in [5.74, 6) is 1.04. The van der Waals surface area contributed by atoms with Gasteiger partial charge in [-0.1, -0.05) is 31.2 Å². The van der Waals surface area contributed by atoms with E-state index in [-0.39, 0.29) is 17.2 Å². The van der Waals surface area contributed by atoms with Gasteiger partial charge in [0.25, 0.3) is 0 Å². The van der Waals surface area contributed by atoms with Crippen molar-refractivity contribution in [1.29, 1.82) is 0 Å². The van der Waals surface area contributed by atoms with E-state index < -0.39 is 10.0 Å². The molecule has 3 rings (SSSR count). The lowest BCUT2D eigenvalue weighted by Crippen LogP contribution is -2.37. The van der Waals surface area contributed by atoms with Gasteiger partial charge in [0.1, 0.15) is 5.75 Å². The number of rotatable bonds is 8. The zero-order chi connectivity index (χ0) is 20.9. The van der Waals surface area contributed by atoms with Gasteiger partial charge >= 0.3 is 0 Å². The highest BCUT2D eigenvalue weighted by atomic mass is 32.2. The lowest BCUT2D eigenvalue weighted by Gasteiger charge is -2.29. The van der Waals surface area contributed by atoms with Crippen LogP contribution in [0.15, 0.2) is 53.4 Å². The molecule has 7 heteroatoms. The summed E-state index contributed by atoms with van der Waals surface area (Å²) >= 11 is 0. The Bertz CT molecular complexity index is 951. The SMILES string of the molecule is CCOc1ccccc1NCC(=O)c1cccc(S(=O)(=O)N2CCC(C)CC2)c1. The highest BCUT2D eigenvalue weighted by Gasteiger charge is 2.28. The van der Waals surface area contributed by atoms with E-state index in [1.807, 2.05) is 31.2 Å². The van der Waals surface area contributed by atoms with Gasteiger partial charge < -0.3 is 10.1 Å². The van der Waals surface area contributed by atoms with Gasteiger partial charge in [0.2, 0.25) is 10.0 Å². The number of hydrogen-bond donors (Lipinski definition) is 1. The molecule has 0 aliphatic carbocycles. The molecule has 0 unspecified atom stereocenters. The molecule has 0 radical (unpaired) electrons. The molecule has 0 spiro atoms. The van der Waals surface area contributed by atoms with Crippen LogP contribution in [0.4, 0.5) is 5.69 Å².